The maximum absolute atomic E-state index is 5.23. The first kappa shape index (κ1) is 11.1. The van der Waals surface area contributed by atoms with E-state index in [2.05, 4.69) is 41.4 Å². The molecule has 14 heavy (non-hydrogen) atoms. The lowest BCUT2D eigenvalue weighted by Gasteiger charge is -2.19. The molecule has 1 N–H and O–H groups in total. The summed E-state index contributed by atoms with van der Waals surface area (Å²) in [4.78, 5) is 2.16. The van der Waals surface area contributed by atoms with Crippen LogP contribution in [0.2, 0.25) is 0 Å². The van der Waals surface area contributed by atoms with Gasteiger partial charge in [-0.2, -0.15) is 0 Å². The number of nitrogens with one attached hydrogen (secondary N) is 1. The lowest BCUT2D eigenvalue weighted by atomic mass is 10.3. The van der Waals surface area contributed by atoms with Gasteiger partial charge in [-0.05, 0) is 21.0 Å². The highest BCUT2D eigenvalue weighted by molar-refractivity contribution is 4.78. The molecule has 1 atom stereocenters. The van der Waals surface area contributed by atoms with Gasteiger partial charge in [0.1, 0.15) is 0 Å². The Labute approximate surface area is 84.5 Å². The van der Waals surface area contributed by atoms with Crippen LogP contribution in [0, 0.1) is 6.92 Å². The van der Waals surface area contributed by atoms with Gasteiger partial charge in [0.2, 0.25) is 11.8 Å². The standard InChI is InChI=1S/C9H18N4O/c1-7(13(3)4)5-10-6-9-12-11-8(2)14-9/h7,10H,5-6H2,1-4H3. The summed E-state index contributed by atoms with van der Waals surface area (Å²) in [5.74, 6) is 1.26. The molecule has 1 heterocycles. The monoisotopic (exact) mass is 198 g/mol. The largest absolute Gasteiger partial charge is 0.424 e. The number of likely N-dealkylation sites (N-methyl/N-ethyl adjacent to an activating group) is 1. The topological polar surface area (TPSA) is 54.2 Å². The van der Waals surface area contributed by atoms with Crippen molar-refractivity contribution in [1.29, 1.82) is 0 Å². The van der Waals surface area contributed by atoms with E-state index >= 15 is 0 Å². The third kappa shape index (κ3) is 3.43. The zero-order valence-corrected chi connectivity index (χ0v) is 9.24. The summed E-state index contributed by atoms with van der Waals surface area (Å²) in [5.41, 5.74) is 0. The van der Waals surface area contributed by atoms with Gasteiger partial charge in [-0.15, -0.1) is 10.2 Å². The van der Waals surface area contributed by atoms with Crippen LogP contribution >= 0.6 is 0 Å². The molecule has 0 aromatic carbocycles. The summed E-state index contributed by atoms with van der Waals surface area (Å²) in [7, 11) is 4.12. The molecule has 1 rings (SSSR count). The first-order valence-corrected chi connectivity index (χ1v) is 4.75. The van der Waals surface area contributed by atoms with E-state index in [-0.39, 0.29) is 0 Å². The Morgan fingerprint density at radius 3 is 2.64 bits per heavy atom. The van der Waals surface area contributed by atoms with Crippen molar-refractivity contribution in [2.75, 3.05) is 20.6 Å². The molecule has 1 unspecified atom stereocenters. The van der Waals surface area contributed by atoms with Gasteiger partial charge in [0.25, 0.3) is 0 Å². The summed E-state index contributed by atoms with van der Waals surface area (Å²) in [5, 5.41) is 10.9. The quantitative estimate of drug-likeness (QED) is 0.743. The maximum atomic E-state index is 5.23. The second-order valence-corrected chi connectivity index (χ2v) is 3.66. The zero-order valence-electron chi connectivity index (χ0n) is 9.24. The Kier molecular flexibility index (Phi) is 4.03. The molecule has 80 valence electrons. The van der Waals surface area contributed by atoms with Gasteiger partial charge in [-0.1, -0.05) is 0 Å². The zero-order chi connectivity index (χ0) is 10.6. The Balaban J connectivity index is 2.22. The van der Waals surface area contributed by atoms with Crippen LogP contribution in [0.15, 0.2) is 4.42 Å². The van der Waals surface area contributed by atoms with E-state index in [9.17, 15) is 0 Å². The predicted molar refractivity (Wildman–Crippen MR) is 53.9 cm³/mol. The van der Waals surface area contributed by atoms with Crippen LogP contribution in [0.3, 0.4) is 0 Å². The van der Waals surface area contributed by atoms with E-state index < -0.39 is 0 Å². The number of hydrogen-bond acceptors (Lipinski definition) is 5. The minimum absolute atomic E-state index is 0.499. The average molecular weight is 198 g/mol. The van der Waals surface area contributed by atoms with Gasteiger partial charge >= 0.3 is 0 Å². The number of aromatic nitrogens is 2. The van der Waals surface area contributed by atoms with E-state index in [4.69, 9.17) is 4.42 Å². The molecule has 0 aliphatic heterocycles. The summed E-state index contributed by atoms with van der Waals surface area (Å²) in [6.07, 6.45) is 0. The van der Waals surface area contributed by atoms with Crippen LogP contribution in [0.25, 0.3) is 0 Å². The van der Waals surface area contributed by atoms with Crippen LogP contribution in [0.1, 0.15) is 18.7 Å². The molecule has 0 aliphatic carbocycles. The van der Waals surface area contributed by atoms with Gasteiger partial charge < -0.3 is 14.6 Å². The molecule has 5 nitrogen and oxygen atoms in total. The molecule has 0 radical (unpaired) electrons. The highest BCUT2D eigenvalue weighted by atomic mass is 16.4. The Hall–Kier alpha value is -0.940. The lowest BCUT2D eigenvalue weighted by Crippen LogP contribution is -2.35. The van der Waals surface area contributed by atoms with E-state index in [1.807, 2.05) is 0 Å². The van der Waals surface area contributed by atoms with Gasteiger partial charge in [0.15, 0.2) is 0 Å². The highest BCUT2D eigenvalue weighted by Crippen LogP contribution is 1.97. The molecule has 0 bridgehead atoms. The van der Waals surface area contributed by atoms with E-state index in [0.29, 0.717) is 24.4 Å². The minimum atomic E-state index is 0.499. The van der Waals surface area contributed by atoms with Crippen molar-refractivity contribution < 1.29 is 4.42 Å². The fraction of sp³-hybridized carbons (Fsp3) is 0.778. The molecule has 0 amide bonds. The number of rotatable bonds is 5. The Morgan fingerprint density at radius 1 is 1.43 bits per heavy atom. The Bertz CT molecular complexity index is 272. The molecule has 1 aromatic rings. The molecule has 5 heteroatoms. The maximum Gasteiger partial charge on any atom is 0.230 e. The van der Waals surface area contributed by atoms with Crippen LogP contribution in [-0.2, 0) is 6.54 Å². The smallest absolute Gasteiger partial charge is 0.230 e. The summed E-state index contributed by atoms with van der Waals surface area (Å²) in [6.45, 7) is 5.50. The fourth-order valence-corrected chi connectivity index (χ4v) is 0.980. The van der Waals surface area contributed by atoms with Crippen LogP contribution in [0.4, 0.5) is 0 Å². The predicted octanol–water partition coefficient (Wildman–Crippen LogP) is 0.418. The molecule has 1 aromatic heterocycles. The normalized spacial score (nSPS) is 13.5. The first-order chi connectivity index (χ1) is 6.59. The van der Waals surface area contributed by atoms with Gasteiger partial charge in [0.05, 0.1) is 6.54 Å². The molecule has 0 saturated carbocycles. The first-order valence-electron chi connectivity index (χ1n) is 4.75. The minimum Gasteiger partial charge on any atom is -0.424 e. The number of aryl methyl sites for hydroxylation is 1. The van der Waals surface area contributed by atoms with Gasteiger partial charge in [-0.25, -0.2) is 0 Å². The van der Waals surface area contributed by atoms with Gasteiger partial charge in [0, 0.05) is 19.5 Å². The second-order valence-electron chi connectivity index (χ2n) is 3.66. The summed E-state index contributed by atoms with van der Waals surface area (Å²) >= 11 is 0. The molecular weight excluding hydrogens is 180 g/mol. The van der Waals surface area contributed by atoms with Crippen molar-refractivity contribution in [2.24, 2.45) is 0 Å². The molecule has 0 aliphatic rings. The van der Waals surface area contributed by atoms with E-state index in [1.165, 1.54) is 0 Å². The SMILES string of the molecule is Cc1nnc(CNCC(C)N(C)C)o1. The van der Waals surface area contributed by atoms with Crippen LogP contribution in [0.5, 0.6) is 0 Å². The third-order valence-electron chi connectivity index (χ3n) is 2.17. The van der Waals surface area contributed by atoms with Crippen molar-refractivity contribution in [3.8, 4) is 0 Å². The van der Waals surface area contributed by atoms with Crippen molar-refractivity contribution in [1.82, 2.24) is 20.4 Å². The van der Waals surface area contributed by atoms with Crippen molar-refractivity contribution in [3.63, 3.8) is 0 Å². The van der Waals surface area contributed by atoms with Crippen molar-refractivity contribution in [3.05, 3.63) is 11.8 Å². The Morgan fingerprint density at radius 2 is 2.14 bits per heavy atom. The highest BCUT2D eigenvalue weighted by Gasteiger charge is 2.05. The molecular formula is C9H18N4O. The van der Waals surface area contributed by atoms with Gasteiger partial charge in [-0.3, -0.25) is 0 Å². The van der Waals surface area contributed by atoms with Crippen LogP contribution < -0.4 is 5.32 Å². The summed E-state index contributed by atoms with van der Waals surface area (Å²) in [6, 6.07) is 0.499. The van der Waals surface area contributed by atoms with E-state index in [1.54, 1.807) is 6.92 Å². The average Bonchev–Trinajstić information content (AvgIpc) is 2.51. The fourth-order valence-electron chi connectivity index (χ4n) is 0.980. The van der Waals surface area contributed by atoms with E-state index in [0.717, 1.165) is 6.54 Å². The lowest BCUT2D eigenvalue weighted by molar-refractivity contribution is 0.298. The molecule has 0 saturated heterocycles. The third-order valence-corrected chi connectivity index (χ3v) is 2.17. The number of nitrogens with zero attached hydrogens (tertiary/aromatic N) is 3. The molecule has 0 fully saturated rings. The second kappa shape index (κ2) is 5.07. The van der Waals surface area contributed by atoms with Crippen molar-refractivity contribution in [2.45, 2.75) is 26.4 Å². The number of hydrogen-bond donors (Lipinski definition) is 1. The molecule has 0 spiro atoms. The van der Waals surface area contributed by atoms with Crippen molar-refractivity contribution >= 4 is 0 Å². The van der Waals surface area contributed by atoms with Crippen LogP contribution in [-0.4, -0.2) is 41.8 Å². The summed E-state index contributed by atoms with van der Waals surface area (Å²) < 4.78 is 5.23.